The summed E-state index contributed by atoms with van der Waals surface area (Å²) in [5.74, 6) is 0. The fraction of sp³-hybridized carbons (Fsp3) is 0. The highest BCUT2D eigenvalue weighted by molar-refractivity contribution is 7.26. The van der Waals surface area contributed by atoms with Gasteiger partial charge in [0.2, 0.25) is 0 Å². The second-order valence-electron chi connectivity index (χ2n) is 1.88. The molecule has 0 bridgehead atoms. The summed E-state index contributed by atoms with van der Waals surface area (Å²) in [6.07, 6.45) is 0. The van der Waals surface area contributed by atoms with Crippen molar-refractivity contribution in [2.75, 3.05) is 0 Å². The highest BCUT2D eigenvalue weighted by atomic mass is 32.1. The third-order valence-corrected chi connectivity index (χ3v) is 3.32. The molecule has 0 saturated carbocycles. The van der Waals surface area contributed by atoms with E-state index < -0.39 is 0 Å². The average Bonchev–Trinajstić information content (AvgIpc) is 2.44. The maximum absolute atomic E-state index is 8.61. The van der Waals surface area contributed by atoms with Crippen LogP contribution in [0, 0.1) is 11.3 Å². The summed E-state index contributed by atoms with van der Waals surface area (Å²) in [4.78, 5) is 0. The van der Waals surface area contributed by atoms with Gasteiger partial charge in [-0.2, -0.15) is 5.26 Å². The molecule has 0 fully saturated rings. The second-order valence-corrected chi connectivity index (χ2v) is 3.70. The van der Waals surface area contributed by atoms with Gasteiger partial charge in [-0.25, -0.2) is 0 Å². The fourth-order valence-corrected chi connectivity index (χ4v) is 2.82. The molecule has 0 unspecified atom stereocenters. The molecular formula is C7H3NS2. The lowest BCUT2D eigenvalue weighted by molar-refractivity contribution is 1.52. The first-order chi connectivity index (χ1) is 4.92. The van der Waals surface area contributed by atoms with Gasteiger partial charge in [0.1, 0.15) is 6.07 Å². The minimum Gasteiger partial charge on any atom is -0.192 e. The van der Waals surface area contributed by atoms with Crippen molar-refractivity contribution >= 4 is 32.1 Å². The molecule has 2 rings (SSSR count). The van der Waals surface area contributed by atoms with E-state index in [1.807, 2.05) is 16.8 Å². The van der Waals surface area contributed by atoms with Gasteiger partial charge in [-0.1, -0.05) is 0 Å². The summed E-state index contributed by atoms with van der Waals surface area (Å²) in [5, 5.41) is 12.5. The Morgan fingerprint density at radius 1 is 1.40 bits per heavy atom. The lowest BCUT2D eigenvalue weighted by Gasteiger charge is -1.72. The van der Waals surface area contributed by atoms with Crippen LogP contribution in [-0.2, 0) is 0 Å². The fourth-order valence-electron chi connectivity index (χ4n) is 0.840. The molecular weight excluding hydrogens is 162 g/mol. The molecule has 0 saturated heterocycles. The van der Waals surface area contributed by atoms with Crippen LogP contribution in [0.25, 0.3) is 9.40 Å². The minimum absolute atomic E-state index is 0.815. The summed E-state index contributed by atoms with van der Waals surface area (Å²) in [6, 6.07) is 4.20. The maximum atomic E-state index is 8.61. The van der Waals surface area contributed by atoms with Crippen LogP contribution in [0.4, 0.5) is 0 Å². The first-order valence-electron chi connectivity index (χ1n) is 2.76. The Bertz CT molecular complexity index is 391. The normalized spacial score (nSPS) is 9.90. The van der Waals surface area contributed by atoms with E-state index in [1.54, 1.807) is 22.7 Å². The van der Waals surface area contributed by atoms with Crippen LogP contribution in [0.2, 0.25) is 0 Å². The van der Waals surface area contributed by atoms with Crippen molar-refractivity contribution in [3.63, 3.8) is 0 Å². The van der Waals surface area contributed by atoms with Gasteiger partial charge in [0, 0.05) is 10.1 Å². The predicted molar refractivity (Wildman–Crippen MR) is 44.4 cm³/mol. The Balaban J connectivity index is 2.92. The van der Waals surface area contributed by atoms with E-state index in [4.69, 9.17) is 5.26 Å². The number of hydrogen-bond acceptors (Lipinski definition) is 3. The van der Waals surface area contributed by atoms with Crippen molar-refractivity contribution in [3.8, 4) is 6.07 Å². The zero-order chi connectivity index (χ0) is 6.97. The van der Waals surface area contributed by atoms with Crippen molar-refractivity contribution in [1.29, 1.82) is 5.26 Å². The maximum Gasteiger partial charge on any atom is 0.102 e. The Hall–Kier alpha value is -0.850. The molecule has 2 heterocycles. The number of rotatable bonds is 0. The van der Waals surface area contributed by atoms with Gasteiger partial charge in [0.25, 0.3) is 0 Å². The molecule has 0 amide bonds. The molecule has 0 radical (unpaired) electrons. The standard InChI is InChI=1S/C7H3NS2/c8-3-5-4-10-6-1-2-9-7(5)6/h1-2,4H. The molecule has 0 atom stereocenters. The lowest BCUT2D eigenvalue weighted by atomic mass is 10.3. The topological polar surface area (TPSA) is 23.8 Å². The zero-order valence-electron chi connectivity index (χ0n) is 5.00. The molecule has 0 spiro atoms. The van der Waals surface area contributed by atoms with Gasteiger partial charge in [0.15, 0.2) is 0 Å². The van der Waals surface area contributed by atoms with Gasteiger partial charge in [-0.3, -0.25) is 0 Å². The smallest absolute Gasteiger partial charge is 0.102 e. The van der Waals surface area contributed by atoms with Crippen molar-refractivity contribution in [3.05, 3.63) is 22.4 Å². The molecule has 0 N–H and O–H groups in total. The predicted octanol–water partition coefficient (Wildman–Crippen LogP) is 2.83. The Labute approximate surface area is 66.2 Å². The van der Waals surface area contributed by atoms with Crippen LogP contribution in [0.5, 0.6) is 0 Å². The molecule has 2 aromatic heterocycles. The van der Waals surface area contributed by atoms with Gasteiger partial charge in [0.05, 0.1) is 10.3 Å². The van der Waals surface area contributed by atoms with E-state index in [2.05, 4.69) is 6.07 Å². The molecule has 2 aromatic rings. The number of fused-ring (bicyclic) bond motifs is 1. The third-order valence-electron chi connectivity index (χ3n) is 1.30. The van der Waals surface area contributed by atoms with Crippen molar-refractivity contribution < 1.29 is 0 Å². The molecule has 3 heteroatoms. The monoisotopic (exact) mass is 165 g/mol. The van der Waals surface area contributed by atoms with Crippen LogP contribution in [0.1, 0.15) is 5.56 Å². The second kappa shape index (κ2) is 2.08. The highest BCUT2D eigenvalue weighted by Gasteiger charge is 2.02. The van der Waals surface area contributed by atoms with Crippen LogP contribution < -0.4 is 0 Å². The third kappa shape index (κ3) is 0.666. The van der Waals surface area contributed by atoms with E-state index in [9.17, 15) is 0 Å². The molecule has 10 heavy (non-hydrogen) atoms. The molecule has 0 aliphatic rings. The van der Waals surface area contributed by atoms with Gasteiger partial charge >= 0.3 is 0 Å². The Kier molecular flexibility index (Phi) is 1.23. The SMILES string of the molecule is N#Cc1csc2ccsc12. The Morgan fingerprint density at radius 2 is 2.30 bits per heavy atom. The number of thiophene rings is 2. The van der Waals surface area contributed by atoms with Gasteiger partial charge in [-0.05, 0) is 11.4 Å². The summed E-state index contributed by atoms with van der Waals surface area (Å²) < 4.78 is 2.36. The quantitative estimate of drug-likeness (QED) is 0.589. The largest absolute Gasteiger partial charge is 0.192 e. The summed E-state index contributed by atoms with van der Waals surface area (Å²) in [5.41, 5.74) is 0.815. The molecule has 0 aliphatic carbocycles. The van der Waals surface area contributed by atoms with Gasteiger partial charge in [-0.15, -0.1) is 22.7 Å². The average molecular weight is 165 g/mol. The van der Waals surface area contributed by atoms with Crippen LogP contribution in [0.3, 0.4) is 0 Å². The van der Waals surface area contributed by atoms with Crippen LogP contribution in [-0.4, -0.2) is 0 Å². The molecule has 0 aliphatic heterocycles. The summed E-state index contributed by atoms with van der Waals surface area (Å²) in [7, 11) is 0. The van der Waals surface area contributed by atoms with E-state index in [1.165, 1.54) is 4.70 Å². The number of nitriles is 1. The summed E-state index contributed by atoms with van der Waals surface area (Å²) >= 11 is 3.27. The van der Waals surface area contributed by atoms with E-state index >= 15 is 0 Å². The number of hydrogen-bond donors (Lipinski definition) is 0. The molecule has 0 aromatic carbocycles. The van der Waals surface area contributed by atoms with Crippen molar-refractivity contribution in [1.82, 2.24) is 0 Å². The van der Waals surface area contributed by atoms with E-state index in [0.29, 0.717) is 0 Å². The van der Waals surface area contributed by atoms with Crippen LogP contribution >= 0.6 is 22.7 Å². The number of nitrogens with zero attached hydrogens (tertiary/aromatic N) is 1. The summed E-state index contributed by atoms with van der Waals surface area (Å²) in [6.45, 7) is 0. The highest BCUT2D eigenvalue weighted by Crippen LogP contribution is 2.29. The molecule has 1 nitrogen and oxygen atoms in total. The molecule has 48 valence electrons. The van der Waals surface area contributed by atoms with E-state index in [0.717, 1.165) is 10.3 Å². The van der Waals surface area contributed by atoms with Crippen molar-refractivity contribution in [2.45, 2.75) is 0 Å². The lowest BCUT2D eigenvalue weighted by Crippen LogP contribution is -1.58. The van der Waals surface area contributed by atoms with E-state index in [-0.39, 0.29) is 0 Å². The first-order valence-corrected chi connectivity index (χ1v) is 4.52. The minimum atomic E-state index is 0.815. The van der Waals surface area contributed by atoms with Gasteiger partial charge < -0.3 is 0 Å². The Morgan fingerprint density at radius 3 is 3.10 bits per heavy atom. The first kappa shape index (κ1) is 5.90. The van der Waals surface area contributed by atoms with Crippen molar-refractivity contribution in [2.24, 2.45) is 0 Å². The van der Waals surface area contributed by atoms with Crippen LogP contribution in [0.15, 0.2) is 16.8 Å². The zero-order valence-corrected chi connectivity index (χ0v) is 6.63.